The van der Waals surface area contributed by atoms with E-state index in [2.05, 4.69) is 5.32 Å². The molecule has 9 heteroatoms. The third-order valence-electron chi connectivity index (χ3n) is 6.48. The predicted octanol–water partition coefficient (Wildman–Crippen LogP) is 2.92. The number of benzene rings is 2. The lowest BCUT2D eigenvalue weighted by Gasteiger charge is -2.38. The van der Waals surface area contributed by atoms with Gasteiger partial charge in [-0.3, -0.25) is 4.79 Å². The van der Waals surface area contributed by atoms with Crippen LogP contribution in [0.2, 0.25) is 0 Å². The van der Waals surface area contributed by atoms with Crippen LogP contribution in [0.4, 0.5) is 0 Å². The zero-order valence-corrected chi connectivity index (χ0v) is 19.8. The molecule has 8 nitrogen and oxygen atoms in total. The predicted molar refractivity (Wildman–Crippen MR) is 123 cm³/mol. The van der Waals surface area contributed by atoms with Crippen molar-refractivity contribution in [3.63, 3.8) is 0 Å². The van der Waals surface area contributed by atoms with Gasteiger partial charge in [0.2, 0.25) is 16.8 Å². The summed E-state index contributed by atoms with van der Waals surface area (Å²) in [7, 11) is -3.56. The number of carbonyl (C=O) groups is 1. The quantitative estimate of drug-likeness (QED) is 0.632. The number of hydrogen-bond donors (Lipinski definition) is 1. The average Bonchev–Trinajstić information content (AvgIpc) is 3.32. The summed E-state index contributed by atoms with van der Waals surface area (Å²) >= 11 is 0. The largest absolute Gasteiger partial charge is 0.454 e. The molecule has 0 atom stereocenters. The summed E-state index contributed by atoms with van der Waals surface area (Å²) in [5.41, 5.74) is 1.22. The number of amides is 1. The smallest absolute Gasteiger partial charge is 0.251 e. The van der Waals surface area contributed by atoms with Gasteiger partial charge in [0.25, 0.3) is 5.91 Å². The number of nitrogens with one attached hydrogen (secondary N) is 1. The molecule has 2 aromatic carbocycles. The molecule has 1 saturated heterocycles. The Morgan fingerprint density at radius 1 is 1.00 bits per heavy atom. The average molecular weight is 475 g/mol. The van der Waals surface area contributed by atoms with Crippen LogP contribution >= 0.6 is 0 Å². The molecule has 1 fully saturated rings. The fourth-order valence-corrected chi connectivity index (χ4v) is 5.86. The first kappa shape index (κ1) is 23.5. The fraction of sp³-hybridized carbons (Fsp3) is 0.458. The van der Waals surface area contributed by atoms with E-state index < -0.39 is 10.0 Å². The lowest BCUT2D eigenvalue weighted by Crippen LogP contribution is -2.44. The summed E-state index contributed by atoms with van der Waals surface area (Å²) in [6, 6.07) is 12.0. The first-order valence-electron chi connectivity index (χ1n) is 11.3. The van der Waals surface area contributed by atoms with E-state index in [-0.39, 0.29) is 23.0 Å². The minimum atomic E-state index is -3.56. The van der Waals surface area contributed by atoms with E-state index in [1.807, 2.05) is 18.2 Å². The number of nitrogens with zero attached hydrogens (tertiary/aromatic N) is 1. The second-order valence-corrected chi connectivity index (χ2v) is 10.2. The Kier molecular flexibility index (Phi) is 6.92. The standard InChI is InChI=1S/C24H30N2O6S/c1-3-26(4-2)33(28,29)20-8-5-18(6-9-20)23(27)25-16-24(11-13-30-14-12-24)19-7-10-21-22(15-19)32-17-31-21/h5-10,15H,3-4,11-14,16-17H2,1-2H3,(H,25,27). The third-order valence-corrected chi connectivity index (χ3v) is 8.55. The molecule has 2 aliphatic heterocycles. The molecule has 0 spiro atoms. The van der Waals surface area contributed by atoms with Crippen molar-refractivity contribution in [2.24, 2.45) is 0 Å². The van der Waals surface area contributed by atoms with E-state index in [1.54, 1.807) is 26.0 Å². The van der Waals surface area contributed by atoms with Gasteiger partial charge in [0.1, 0.15) is 0 Å². The van der Waals surface area contributed by atoms with Gasteiger partial charge >= 0.3 is 0 Å². The van der Waals surface area contributed by atoms with Gasteiger partial charge in [-0.2, -0.15) is 4.31 Å². The summed E-state index contributed by atoms with van der Waals surface area (Å²) in [5, 5.41) is 3.05. The normalized spacial score (nSPS) is 17.2. The SMILES string of the molecule is CCN(CC)S(=O)(=O)c1ccc(C(=O)NCC2(c3ccc4c(c3)OCO4)CCOCC2)cc1. The van der Waals surface area contributed by atoms with E-state index >= 15 is 0 Å². The van der Waals surface area contributed by atoms with Crippen molar-refractivity contribution in [3.8, 4) is 11.5 Å². The number of hydrogen-bond acceptors (Lipinski definition) is 6. The number of rotatable bonds is 8. The second-order valence-electron chi connectivity index (χ2n) is 8.26. The van der Waals surface area contributed by atoms with Gasteiger partial charge < -0.3 is 19.5 Å². The molecule has 0 aliphatic carbocycles. The topological polar surface area (TPSA) is 94.2 Å². The van der Waals surface area contributed by atoms with Crippen molar-refractivity contribution in [1.82, 2.24) is 9.62 Å². The molecule has 178 valence electrons. The van der Waals surface area contributed by atoms with Crippen LogP contribution in [0.3, 0.4) is 0 Å². The van der Waals surface area contributed by atoms with Gasteiger partial charge in [0.05, 0.1) is 4.90 Å². The molecule has 0 saturated carbocycles. The molecular weight excluding hydrogens is 444 g/mol. The summed E-state index contributed by atoms with van der Waals surface area (Å²) in [6.07, 6.45) is 1.54. The highest BCUT2D eigenvalue weighted by Crippen LogP contribution is 2.40. The van der Waals surface area contributed by atoms with Crippen LogP contribution in [0.25, 0.3) is 0 Å². The van der Waals surface area contributed by atoms with E-state index in [9.17, 15) is 13.2 Å². The molecule has 0 radical (unpaired) electrons. The van der Waals surface area contributed by atoms with Gasteiger partial charge in [-0.1, -0.05) is 19.9 Å². The highest BCUT2D eigenvalue weighted by molar-refractivity contribution is 7.89. The molecule has 1 amide bonds. The van der Waals surface area contributed by atoms with Gasteiger partial charge in [-0.25, -0.2) is 8.42 Å². The highest BCUT2D eigenvalue weighted by Gasteiger charge is 2.36. The van der Waals surface area contributed by atoms with E-state index in [1.165, 1.54) is 16.4 Å². The molecule has 4 rings (SSSR count). The van der Waals surface area contributed by atoms with Crippen LogP contribution in [0.1, 0.15) is 42.6 Å². The van der Waals surface area contributed by atoms with Crippen molar-refractivity contribution in [1.29, 1.82) is 0 Å². The van der Waals surface area contributed by atoms with Crippen LogP contribution in [0.15, 0.2) is 47.4 Å². The summed E-state index contributed by atoms with van der Waals surface area (Å²) in [5.74, 6) is 1.20. The maximum absolute atomic E-state index is 12.9. The molecular formula is C24H30N2O6S. The van der Waals surface area contributed by atoms with Gasteiger partial charge in [0.15, 0.2) is 11.5 Å². The Morgan fingerprint density at radius 3 is 2.33 bits per heavy atom. The summed E-state index contributed by atoms with van der Waals surface area (Å²) in [6.45, 7) is 6.27. The third kappa shape index (κ3) is 4.71. The number of fused-ring (bicyclic) bond motifs is 1. The second kappa shape index (κ2) is 9.70. The molecule has 0 bridgehead atoms. The summed E-state index contributed by atoms with van der Waals surface area (Å²) in [4.78, 5) is 13.1. The molecule has 2 aromatic rings. The van der Waals surface area contributed by atoms with Crippen LogP contribution in [-0.2, 0) is 20.2 Å². The zero-order chi connectivity index (χ0) is 23.5. The number of carbonyl (C=O) groups excluding carboxylic acids is 1. The molecule has 2 aliphatic rings. The lowest BCUT2D eigenvalue weighted by molar-refractivity contribution is 0.0486. The minimum Gasteiger partial charge on any atom is -0.454 e. The molecule has 33 heavy (non-hydrogen) atoms. The molecule has 1 N–H and O–H groups in total. The fourth-order valence-electron chi connectivity index (χ4n) is 4.40. The number of ether oxygens (including phenoxy) is 3. The van der Waals surface area contributed by atoms with Crippen molar-refractivity contribution in [2.45, 2.75) is 37.0 Å². The van der Waals surface area contributed by atoms with E-state index in [4.69, 9.17) is 14.2 Å². The van der Waals surface area contributed by atoms with Crippen molar-refractivity contribution < 1.29 is 27.4 Å². The monoisotopic (exact) mass is 474 g/mol. The van der Waals surface area contributed by atoms with Crippen LogP contribution in [-0.4, -0.2) is 58.3 Å². The Hall–Kier alpha value is -2.62. The summed E-state index contributed by atoms with van der Waals surface area (Å²) < 4.78 is 43.3. The van der Waals surface area contributed by atoms with Crippen molar-refractivity contribution in [2.75, 3.05) is 39.6 Å². The van der Waals surface area contributed by atoms with E-state index in [0.717, 1.165) is 29.9 Å². The molecule has 2 heterocycles. The van der Waals surface area contributed by atoms with Crippen molar-refractivity contribution >= 4 is 15.9 Å². The Morgan fingerprint density at radius 2 is 1.67 bits per heavy atom. The highest BCUT2D eigenvalue weighted by atomic mass is 32.2. The molecule has 0 aromatic heterocycles. The maximum Gasteiger partial charge on any atom is 0.251 e. The zero-order valence-electron chi connectivity index (χ0n) is 19.0. The first-order valence-corrected chi connectivity index (χ1v) is 12.7. The Balaban J connectivity index is 1.49. The van der Waals surface area contributed by atoms with Crippen LogP contribution in [0.5, 0.6) is 11.5 Å². The minimum absolute atomic E-state index is 0.184. The Labute approximate surface area is 194 Å². The Bertz CT molecular complexity index is 1090. The first-order chi connectivity index (χ1) is 15.9. The van der Waals surface area contributed by atoms with E-state index in [0.29, 0.717) is 38.4 Å². The van der Waals surface area contributed by atoms with Gasteiger partial charge in [0, 0.05) is 43.8 Å². The van der Waals surface area contributed by atoms with Gasteiger partial charge in [-0.15, -0.1) is 0 Å². The molecule has 0 unspecified atom stereocenters. The van der Waals surface area contributed by atoms with Crippen LogP contribution in [0, 0.1) is 0 Å². The van der Waals surface area contributed by atoms with Gasteiger partial charge in [-0.05, 0) is 54.8 Å². The lowest BCUT2D eigenvalue weighted by atomic mass is 9.74. The maximum atomic E-state index is 12.9. The van der Waals surface area contributed by atoms with Crippen LogP contribution < -0.4 is 14.8 Å². The van der Waals surface area contributed by atoms with Crippen molar-refractivity contribution in [3.05, 3.63) is 53.6 Å². The number of sulfonamides is 1.